The number of anilines is 3. The lowest BCUT2D eigenvalue weighted by Crippen LogP contribution is -2.12. The highest BCUT2D eigenvalue weighted by molar-refractivity contribution is 6.18. The molecule has 0 saturated carbocycles. The van der Waals surface area contributed by atoms with Crippen LogP contribution in [0.4, 0.5) is 17.1 Å². The number of benzene rings is 9. The van der Waals surface area contributed by atoms with E-state index in [4.69, 9.17) is 4.42 Å². The standard InChI is InChI=1S/C48H31NO/c1-2-14-32(15-3-1)34-18-12-19-36(30-34)49(46-31-35-17-5-6-20-37(35)39-22-8-9-23-40(39)46)45-27-11-10-24-41(45)42-25-13-26-43-44-29-28-33-16-4-7-21-38(33)47(44)50-48(42)43/h1-31H. The molecule has 0 amide bonds. The fourth-order valence-corrected chi connectivity index (χ4v) is 7.72. The van der Waals surface area contributed by atoms with Gasteiger partial charge < -0.3 is 9.32 Å². The van der Waals surface area contributed by atoms with Crippen LogP contribution in [0.5, 0.6) is 0 Å². The highest BCUT2D eigenvalue weighted by Gasteiger charge is 2.23. The predicted molar refractivity (Wildman–Crippen MR) is 212 cm³/mol. The number of rotatable bonds is 5. The van der Waals surface area contributed by atoms with Crippen LogP contribution >= 0.6 is 0 Å². The maximum atomic E-state index is 6.88. The van der Waals surface area contributed by atoms with Gasteiger partial charge >= 0.3 is 0 Å². The molecule has 0 bridgehead atoms. The van der Waals surface area contributed by atoms with Gasteiger partial charge in [0, 0.05) is 38.4 Å². The van der Waals surface area contributed by atoms with E-state index in [1.807, 2.05) is 0 Å². The van der Waals surface area contributed by atoms with E-state index in [0.717, 1.165) is 55.5 Å². The zero-order valence-electron chi connectivity index (χ0n) is 27.3. The lowest BCUT2D eigenvalue weighted by Gasteiger charge is -2.30. The summed E-state index contributed by atoms with van der Waals surface area (Å²) in [6, 6.07) is 67.5. The molecule has 50 heavy (non-hydrogen) atoms. The lowest BCUT2D eigenvalue weighted by atomic mass is 9.96. The van der Waals surface area contributed by atoms with Crippen LogP contribution in [0, 0.1) is 0 Å². The van der Waals surface area contributed by atoms with Crippen LogP contribution in [-0.2, 0) is 0 Å². The smallest absolute Gasteiger partial charge is 0.143 e. The first kappa shape index (κ1) is 28.4. The SMILES string of the molecule is c1ccc(-c2cccc(N(c3ccccc3-c3cccc4c3oc3c5ccccc5ccc43)c3cc4ccccc4c4ccccc34)c2)cc1. The largest absolute Gasteiger partial charge is 0.455 e. The number of para-hydroxylation sites is 2. The van der Waals surface area contributed by atoms with Crippen LogP contribution in [-0.4, -0.2) is 0 Å². The Labute approximate surface area is 290 Å². The first-order valence-electron chi connectivity index (χ1n) is 17.1. The molecule has 0 aliphatic carbocycles. The fourth-order valence-electron chi connectivity index (χ4n) is 7.72. The topological polar surface area (TPSA) is 16.4 Å². The average Bonchev–Trinajstić information content (AvgIpc) is 3.58. The summed E-state index contributed by atoms with van der Waals surface area (Å²) < 4.78 is 6.88. The summed E-state index contributed by atoms with van der Waals surface area (Å²) in [5.41, 5.74) is 9.63. The third-order valence-corrected chi connectivity index (χ3v) is 10.0. The molecule has 0 aliphatic rings. The van der Waals surface area contributed by atoms with Gasteiger partial charge in [0.25, 0.3) is 0 Å². The molecular weight excluding hydrogens is 607 g/mol. The van der Waals surface area contributed by atoms with Crippen LogP contribution < -0.4 is 4.90 Å². The average molecular weight is 638 g/mol. The number of fused-ring (bicyclic) bond motifs is 8. The second-order valence-electron chi connectivity index (χ2n) is 12.9. The molecule has 9 aromatic carbocycles. The third kappa shape index (κ3) is 4.50. The molecular formula is C48H31NO. The monoisotopic (exact) mass is 637 g/mol. The van der Waals surface area contributed by atoms with Crippen molar-refractivity contribution in [1.82, 2.24) is 0 Å². The van der Waals surface area contributed by atoms with Crippen molar-refractivity contribution >= 4 is 71.3 Å². The second-order valence-corrected chi connectivity index (χ2v) is 12.9. The molecule has 0 radical (unpaired) electrons. The van der Waals surface area contributed by atoms with Gasteiger partial charge in [0.1, 0.15) is 11.2 Å². The van der Waals surface area contributed by atoms with Crippen molar-refractivity contribution in [3.05, 3.63) is 188 Å². The molecule has 1 aromatic heterocycles. The van der Waals surface area contributed by atoms with Gasteiger partial charge in [0.05, 0.1) is 11.4 Å². The Morgan fingerprint density at radius 3 is 1.82 bits per heavy atom. The number of hydrogen-bond acceptors (Lipinski definition) is 2. The van der Waals surface area contributed by atoms with Gasteiger partial charge in [-0.3, -0.25) is 0 Å². The maximum Gasteiger partial charge on any atom is 0.143 e. The van der Waals surface area contributed by atoms with E-state index in [2.05, 4.69) is 193 Å². The second kappa shape index (κ2) is 11.5. The van der Waals surface area contributed by atoms with Crippen molar-refractivity contribution in [1.29, 1.82) is 0 Å². The molecule has 2 nitrogen and oxygen atoms in total. The van der Waals surface area contributed by atoms with E-state index in [0.29, 0.717) is 0 Å². The number of nitrogens with zero attached hydrogens (tertiary/aromatic N) is 1. The molecule has 0 N–H and O–H groups in total. The van der Waals surface area contributed by atoms with Crippen molar-refractivity contribution in [2.75, 3.05) is 4.90 Å². The Hall–Kier alpha value is -6.64. The van der Waals surface area contributed by atoms with Crippen molar-refractivity contribution in [3.8, 4) is 22.3 Å². The first-order valence-corrected chi connectivity index (χ1v) is 17.1. The molecule has 0 unspecified atom stereocenters. The van der Waals surface area contributed by atoms with Crippen LogP contribution in [0.15, 0.2) is 192 Å². The summed E-state index contributed by atoms with van der Waals surface area (Å²) in [5, 5.41) is 9.42. The first-order chi connectivity index (χ1) is 24.8. The Balaban J connectivity index is 1.27. The zero-order chi connectivity index (χ0) is 33.0. The summed E-state index contributed by atoms with van der Waals surface area (Å²) in [6.45, 7) is 0. The molecule has 1 heterocycles. The summed E-state index contributed by atoms with van der Waals surface area (Å²) >= 11 is 0. The van der Waals surface area contributed by atoms with E-state index in [-0.39, 0.29) is 0 Å². The minimum Gasteiger partial charge on any atom is -0.455 e. The van der Waals surface area contributed by atoms with Crippen LogP contribution in [0.3, 0.4) is 0 Å². The number of furan rings is 1. The normalized spacial score (nSPS) is 11.6. The molecule has 2 heteroatoms. The van der Waals surface area contributed by atoms with Crippen molar-refractivity contribution in [2.45, 2.75) is 0 Å². The van der Waals surface area contributed by atoms with Crippen molar-refractivity contribution in [3.63, 3.8) is 0 Å². The fraction of sp³-hybridized carbons (Fsp3) is 0. The summed E-state index contributed by atoms with van der Waals surface area (Å²) in [5.74, 6) is 0. The van der Waals surface area contributed by atoms with Gasteiger partial charge in [-0.2, -0.15) is 0 Å². The van der Waals surface area contributed by atoms with E-state index in [9.17, 15) is 0 Å². The lowest BCUT2D eigenvalue weighted by molar-refractivity contribution is 0.674. The van der Waals surface area contributed by atoms with Gasteiger partial charge in [-0.05, 0) is 63.0 Å². The molecule has 0 fully saturated rings. The Morgan fingerprint density at radius 2 is 0.940 bits per heavy atom. The van der Waals surface area contributed by atoms with Gasteiger partial charge in [-0.25, -0.2) is 0 Å². The zero-order valence-corrected chi connectivity index (χ0v) is 27.3. The van der Waals surface area contributed by atoms with Crippen molar-refractivity contribution < 1.29 is 4.42 Å². The minimum atomic E-state index is 0.896. The predicted octanol–water partition coefficient (Wildman–Crippen LogP) is 13.8. The van der Waals surface area contributed by atoms with E-state index in [1.165, 1.54) is 38.1 Å². The summed E-state index contributed by atoms with van der Waals surface area (Å²) in [6.07, 6.45) is 0. The van der Waals surface area contributed by atoms with Gasteiger partial charge in [0.2, 0.25) is 0 Å². The Morgan fingerprint density at radius 1 is 0.320 bits per heavy atom. The molecule has 0 aliphatic heterocycles. The highest BCUT2D eigenvalue weighted by Crippen LogP contribution is 2.48. The molecule has 0 atom stereocenters. The van der Waals surface area contributed by atoms with E-state index < -0.39 is 0 Å². The van der Waals surface area contributed by atoms with Crippen LogP contribution in [0.1, 0.15) is 0 Å². The van der Waals surface area contributed by atoms with Gasteiger partial charge in [-0.1, -0.05) is 158 Å². The van der Waals surface area contributed by atoms with Gasteiger partial charge in [0.15, 0.2) is 0 Å². The van der Waals surface area contributed by atoms with Crippen molar-refractivity contribution in [2.24, 2.45) is 0 Å². The molecule has 234 valence electrons. The molecule has 0 spiro atoms. The summed E-state index contributed by atoms with van der Waals surface area (Å²) in [4.78, 5) is 2.44. The molecule has 0 saturated heterocycles. The van der Waals surface area contributed by atoms with Crippen LogP contribution in [0.25, 0.3) is 76.5 Å². The quantitative estimate of drug-likeness (QED) is 0.175. The Kier molecular flexibility index (Phi) is 6.53. The summed E-state index contributed by atoms with van der Waals surface area (Å²) in [7, 11) is 0. The maximum absolute atomic E-state index is 6.88. The van der Waals surface area contributed by atoms with E-state index in [1.54, 1.807) is 0 Å². The molecule has 10 rings (SSSR count). The molecule has 10 aromatic rings. The minimum absolute atomic E-state index is 0.896. The highest BCUT2D eigenvalue weighted by atomic mass is 16.3. The van der Waals surface area contributed by atoms with E-state index >= 15 is 0 Å². The number of hydrogen-bond donors (Lipinski definition) is 0. The third-order valence-electron chi connectivity index (χ3n) is 10.0. The Bertz CT molecular complexity index is 2880. The van der Waals surface area contributed by atoms with Gasteiger partial charge in [-0.15, -0.1) is 0 Å². The van der Waals surface area contributed by atoms with Crippen LogP contribution in [0.2, 0.25) is 0 Å².